The topological polar surface area (TPSA) is 39.1 Å². The van der Waals surface area contributed by atoms with Crippen molar-refractivity contribution in [3.8, 4) is 5.75 Å². The van der Waals surface area contributed by atoms with E-state index in [1.165, 1.54) is 0 Å². The van der Waals surface area contributed by atoms with Gasteiger partial charge in [-0.3, -0.25) is 4.68 Å². The molecule has 1 N–H and O–H groups in total. The molecule has 108 valence electrons. The van der Waals surface area contributed by atoms with Gasteiger partial charge in [-0.15, -0.1) is 0 Å². The molecule has 0 amide bonds. The Hall–Kier alpha value is -1.68. The first-order valence-corrected chi connectivity index (χ1v) is 7.13. The second-order valence-corrected chi connectivity index (χ2v) is 5.15. The zero-order valence-electron chi connectivity index (χ0n) is 12.1. The zero-order chi connectivity index (χ0) is 14.5. The van der Waals surface area contributed by atoms with E-state index in [4.69, 9.17) is 16.3 Å². The van der Waals surface area contributed by atoms with E-state index in [0.717, 1.165) is 23.6 Å². The van der Waals surface area contributed by atoms with Gasteiger partial charge in [0.2, 0.25) is 0 Å². The molecule has 0 bridgehead atoms. The first-order chi connectivity index (χ1) is 9.63. The minimum Gasteiger partial charge on any atom is -0.497 e. The van der Waals surface area contributed by atoms with Crippen molar-refractivity contribution in [3.05, 3.63) is 41.2 Å². The Morgan fingerprint density at radius 3 is 2.90 bits per heavy atom. The summed E-state index contributed by atoms with van der Waals surface area (Å²) >= 11 is 6.15. The van der Waals surface area contributed by atoms with Crippen LogP contribution in [0, 0.1) is 0 Å². The third-order valence-electron chi connectivity index (χ3n) is 3.34. The average Bonchev–Trinajstić information content (AvgIpc) is 2.94. The van der Waals surface area contributed by atoms with Gasteiger partial charge in [0, 0.05) is 18.3 Å². The number of rotatable bonds is 6. The summed E-state index contributed by atoms with van der Waals surface area (Å²) in [6.45, 7) is 4.94. The molecule has 1 heterocycles. The molecule has 1 aromatic carbocycles. The van der Waals surface area contributed by atoms with Crippen molar-refractivity contribution in [3.63, 3.8) is 0 Å². The van der Waals surface area contributed by atoms with Gasteiger partial charge in [0.05, 0.1) is 30.1 Å². The minimum absolute atomic E-state index is 0.421. The van der Waals surface area contributed by atoms with Gasteiger partial charge in [0.15, 0.2) is 0 Å². The number of nitrogens with zero attached hydrogens (tertiary/aromatic N) is 2. The lowest BCUT2D eigenvalue weighted by atomic mass is 10.3. The lowest BCUT2D eigenvalue weighted by molar-refractivity contribution is 0.415. The van der Waals surface area contributed by atoms with Gasteiger partial charge in [-0.25, -0.2) is 0 Å². The standard InChI is InChI=1S/C15H20ClN3O/c1-4-11(2)19-8-7-12(18-19)10-17-15-9-13(20-3)5-6-14(15)16/h5-9,11,17H,4,10H2,1-3H3. The number of anilines is 1. The number of benzene rings is 1. The molecule has 1 atom stereocenters. The van der Waals surface area contributed by atoms with E-state index < -0.39 is 0 Å². The molecule has 1 aromatic heterocycles. The highest BCUT2D eigenvalue weighted by atomic mass is 35.5. The first kappa shape index (κ1) is 14.7. The maximum Gasteiger partial charge on any atom is 0.121 e. The lowest BCUT2D eigenvalue weighted by Crippen LogP contribution is -2.06. The Balaban J connectivity index is 2.03. The molecule has 0 saturated carbocycles. The molecular weight excluding hydrogens is 274 g/mol. The van der Waals surface area contributed by atoms with Gasteiger partial charge >= 0.3 is 0 Å². The number of hydrogen-bond donors (Lipinski definition) is 1. The fourth-order valence-corrected chi connectivity index (χ4v) is 2.04. The average molecular weight is 294 g/mol. The van der Waals surface area contributed by atoms with Crippen LogP contribution in [0.5, 0.6) is 5.75 Å². The molecular formula is C15H20ClN3O. The van der Waals surface area contributed by atoms with Crippen LogP contribution in [0.2, 0.25) is 5.02 Å². The van der Waals surface area contributed by atoms with Crippen LogP contribution in [-0.4, -0.2) is 16.9 Å². The largest absolute Gasteiger partial charge is 0.497 e. The van der Waals surface area contributed by atoms with Crippen molar-refractivity contribution < 1.29 is 4.74 Å². The summed E-state index contributed by atoms with van der Waals surface area (Å²) in [4.78, 5) is 0. The van der Waals surface area contributed by atoms with Gasteiger partial charge in [-0.2, -0.15) is 5.10 Å². The highest BCUT2D eigenvalue weighted by Crippen LogP contribution is 2.27. The Morgan fingerprint density at radius 1 is 1.40 bits per heavy atom. The van der Waals surface area contributed by atoms with E-state index in [-0.39, 0.29) is 0 Å². The minimum atomic E-state index is 0.421. The molecule has 20 heavy (non-hydrogen) atoms. The van der Waals surface area contributed by atoms with Crippen molar-refractivity contribution in [1.82, 2.24) is 9.78 Å². The number of ether oxygens (including phenoxy) is 1. The van der Waals surface area contributed by atoms with Gasteiger partial charge in [-0.1, -0.05) is 18.5 Å². The lowest BCUT2D eigenvalue weighted by Gasteiger charge is -2.10. The molecule has 0 aliphatic heterocycles. The van der Waals surface area contributed by atoms with Crippen LogP contribution in [0.3, 0.4) is 0 Å². The molecule has 0 saturated heterocycles. The van der Waals surface area contributed by atoms with Crippen LogP contribution in [0.1, 0.15) is 32.0 Å². The van der Waals surface area contributed by atoms with E-state index >= 15 is 0 Å². The molecule has 0 aliphatic rings. The fraction of sp³-hybridized carbons (Fsp3) is 0.400. The molecule has 0 spiro atoms. The summed E-state index contributed by atoms with van der Waals surface area (Å²) in [5, 5.41) is 8.51. The fourth-order valence-electron chi connectivity index (χ4n) is 1.86. The molecule has 1 unspecified atom stereocenters. The predicted molar refractivity (Wildman–Crippen MR) is 82.6 cm³/mol. The van der Waals surface area contributed by atoms with Crippen molar-refractivity contribution in [2.75, 3.05) is 12.4 Å². The summed E-state index contributed by atoms with van der Waals surface area (Å²) < 4.78 is 7.18. The Morgan fingerprint density at radius 2 is 2.20 bits per heavy atom. The molecule has 2 rings (SSSR count). The van der Waals surface area contributed by atoms with E-state index in [0.29, 0.717) is 17.6 Å². The van der Waals surface area contributed by atoms with Crippen molar-refractivity contribution in [2.45, 2.75) is 32.9 Å². The van der Waals surface area contributed by atoms with Crippen molar-refractivity contribution in [1.29, 1.82) is 0 Å². The molecule has 0 aliphatic carbocycles. The summed E-state index contributed by atoms with van der Waals surface area (Å²) in [6, 6.07) is 7.98. The zero-order valence-corrected chi connectivity index (χ0v) is 12.8. The Bertz CT molecular complexity index is 568. The van der Waals surface area contributed by atoms with E-state index in [9.17, 15) is 0 Å². The highest BCUT2D eigenvalue weighted by molar-refractivity contribution is 6.33. The summed E-state index contributed by atoms with van der Waals surface area (Å²) in [7, 11) is 1.64. The van der Waals surface area contributed by atoms with E-state index in [1.54, 1.807) is 7.11 Å². The Kier molecular flexibility index (Phi) is 4.90. The predicted octanol–water partition coefficient (Wildman–Crippen LogP) is 4.13. The summed E-state index contributed by atoms with van der Waals surface area (Å²) in [5.41, 5.74) is 1.84. The first-order valence-electron chi connectivity index (χ1n) is 6.75. The third-order valence-corrected chi connectivity index (χ3v) is 3.67. The molecule has 4 nitrogen and oxygen atoms in total. The number of aromatic nitrogens is 2. The number of hydrogen-bond acceptors (Lipinski definition) is 3. The quantitative estimate of drug-likeness (QED) is 0.870. The maximum absolute atomic E-state index is 6.15. The Labute approximate surface area is 124 Å². The second-order valence-electron chi connectivity index (χ2n) is 4.74. The maximum atomic E-state index is 6.15. The summed E-state index contributed by atoms with van der Waals surface area (Å²) in [6.07, 6.45) is 3.08. The number of nitrogens with one attached hydrogen (secondary N) is 1. The smallest absolute Gasteiger partial charge is 0.121 e. The van der Waals surface area contributed by atoms with Crippen LogP contribution in [0.15, 0.2) is 30.5 Å². The van der Waals surface area contributed by atoms with Crippen molar-refractivity contribution in [2.24, 2.45) is 0 Å². The van der Waals surface area contributed by atoms with Gasteiger partial charge in [-0.05, 0) is 31.5 Å². The number of methoxy groups -OCH3 is 1. The number of halogens is 1. The molecule has 0 radical (unpaired) electrons. The van der Waals surface area contributed by atoms with Crippen LogP contribution < -0.4 is 10.1 Å². The van der Waals surface area contributed by atoms with Crippen LogP contribution in [-0.2, 0) is 6.54 Å². The summed E-state index contributed by atoms with van der Waals surface area (Å²) in [5.74, 6) is 0.780. The molecule has 0 fully saturated rings. The SMILES string of the molecule is CCC(C)n1ccc(CNc2cc(OC)ccc2Cl)n1. The van der Waals surface area contributed by atoms with Crippen LogP contribution in [0.25, 0.3) is 0 Å². The van der Waals surface area contributed by atoms with Gasteiger partial charge < -0.3 is 10.1 Å². The van der Waals surface area contributed by atoms with Crippen LogP contribution >= 0.6 is 11.6 Å². The molecule has 5 heteroatoms. The van der Waals surface area contributed by atoms with Crippen LogP contribution in [0.4, 0.5) is 5.69 Å². The second kappa shape index (κ2) is 6.66. The normalized spacial score (nSPS) is 12.2. The van der Waals surface area contributed by atoms with Gasteiger partial charge in [0.25, 0.3) is 0 Å². The third kappa shape index (κ3) is 3.45. The van der Waals surface area contributed by atoms with Gasteiger partial charge in [0.1, 0.15) is 5.75 Å². The highest BCUT2D eigenvalue weighted by Gasteiger charge is 2.06. The van der Waals surface area contributed by atoms with E-state index in [1.807, 2.05) is 35.1 Å². The van der Waals surface area contributed by atoms with E-state index in [2.05, 4.69) is 24.3 Å². The monoisotopic (exact) mass is 293 g/mol. The molecule has 2 aromatic rings. The van der Waals surface area contributed by atoms with Crippen molar-refractivity contribution >= 4 is 17.3 Å².